The van der Waals surface area contributed by atoms with Crippen LogP contribution in [0.2, 0.25) is 0 Å². The van der Waals surface area contributed by atoms with Crippen molar-refractivity contribution in [1.82, 2.24) is 9.88 Å². The largest absolute Gasteiger partial charge is 0.457 e. The Morgan fingerprint density at radius 3 is 2.17 bits per heavy atom. The van der Waals surface area contributed by atoms with Crippen LogP contribution in [-0.2, 0) is 4.79 Å². The van der Waals surface area contributed by atoms with Gasteiger partial charge in [-0.2, -0.15) is 0 Å². The molecule has 0 N–H and O–H groups in total. The van der Waals surface area contributed by atoms with E-state index in [0.717, 1.165) is 30.7 Å². The number of allylic oxidation sites excluding steroid dienone is 1. The lowest BCUT2D eigenvalue weighted by atomic mass is 9.92. The number of ether oxygens (including phenoxy) is 2. The minimum atomic E-state index is -0.105. The highest BCUT2D eigenvalue weighted by Gasteiger charge is 2.25. The highest BCUT2D eigenvalue weighted by Crippen LogP contribution is 2.32. The van der Waals surface area contributed by atoms with Gasteiger partial charge in [-0.25, -0.2) is 4.98 Å². The van der Waals surface area contributed by atoms with E-state index in [0.29, 0.717) is 36.0 Å². The summed E-state index contributed by atoms with van der Waals surface area (Å²) in [6.45, 7) is 4.90. The van der Waals surface area contributed by atoms with Crippen molar-refractivity contribution in [3.8, 4) is 23.1 Å². The first-order valence-corrected chi connectivity index (χ1v) is 12.0. The molecule has 0 saturated carbocycles. The van der Waals surface area contributed by atoms with Crippen molar-refractivity contribution in [2.24, 2.45) is 0 Å². The van der Waals surface area contributed by atoms with Crippen molar-refractivity contribution in [2.75, 3.05) is 13.1 Å². The van der Waals surface area contributed by atoms with Crippen LogP contribution in [0.3, 0.4) is 0 Å². The van der Waals surface area contributed by atoms with Gasteiger partial charge < -0.3 is 14.4 Å². The summed E-state index contributed by atoms with van der Waals surface area (Å²) in [6, 6.07) is 20.5. The molecule has 6 nitrogen and oxygen atoms in total. The van der Waals surface area contributed by atoms with Gasteiger partial charge in [-0.1, -0.05) is 31.2 Å². The zero-order chi connectivity index (χ0) is 24.6. The third kappa shape index (κ3) is 6.35. The molecule has 0 spiro atoms. The summed E-state index contributed by atoms with van der Waals surface area (Å²) in [6.07, 6.45) is 6.04. The third-order valence-corrected chi connectivity index (χ3v) is 6.00. The highest BCUT2D eigenvalue weighted by molar-refractivity contribution is 5.96. The summed E-state index contributed by atoms with van der Waals surface area (Å²) < 4.78 is 11.9. The number of pyridine rings is 1. The molecule has 0 aliphatic carbocycles. The van der Waals surface area contributed by atoms with Gasteiger partial charge in [0.1, 0.15) is 17.2 Å². The molecule has 2 aromatic carbocycles. The van der Waals surface area contributed by atoms with E-state index in [9.17, 15) is 9.59 Å². The minimum Gasteiger partial charge on any atom is -0.457 e. The summed E-state index contributed by atoms with van der Waals surface area (Å²) in [5.74, 6) is 2.48. The number of para-hydroxylation sites is 1. The Hall–Kier alpha value is -3.93. The molecule has 1 aromatic heterocycles. The van der Waals surface area contributed by atoms with E-state index in [1.165, 1.54) is 6.92 Å². The first kappa shape index (κ1) is 24.2. The van der Waals surface area contributed by atoms with Crippen molar-refractivity contribution < 1.29 is 19.1 Å². The molecule has 35 heavy (non-hydrogen) atoms. The van der Waals surface area contributed by atoms with E-state index in [1.807, 2.05) is 66.4 Å². The van der Waals surface area contributed by atoms with Crippen molar-refractivity contribution in [3.05, 3.63) is 90.1 Å². The number of carbonyl (C=O) groups is 2. The fourth-order valence-electron chi connectivity index (χ4n) is 4.06. The maximum absolute atomic E-state index is 12.3. The third-order valence-electron chi connectivity index (χ3n) is 6.00. The van der Waals surface area contributed by atoms with Crippen LogP contribution >= 0.6 is 0 Å². The van der Waals surface area contributed by atoms with Crippen LogP contribution in [0, 0.1) is 0 Å². The molecule has 180 valence electrons. The van der Waals surface area contributed by atoms with Crippen LogP contribution in [0.5, 0.6) is 23.1 Å². The van der Waals surface area contributed by atoms with Gasteiger partial charge in [0.15, 0.2) is 5.78 Å². The molecule has 1 aliphatic rings. The monoisotopic (exact) mass is 470 g/mol. The molecule has 1 fully saturated rings. The number of rotatable bonds is 8. The number of piperidine rings is 1. The quantitative estimate of drug-likeness (QED) is 0.276. The Bertz CT molecular complexity index is 1180. The zero-order valence-electron chi connectivity index (χ0n) is 20.1. The lowest BCUT2D eigenvalue weighted by Crippen LogP contribution is -2.37. The summed E-state index contributed by atoms with van der Waals surface area (Å²) in [5, 5.41) is 0. The van der Waals surface area contributed by atoms with Crippen molar-refractivity contribution >= 4 is 11.7 Å². The van der Waals surface area contributed by atoms with Crippen LogP contribution < -0.4 is 9.47 Å². The van der Waals surface area contributed by atoms with Gasteiger partial charge in [0.2, 0.25) is 11.8 Å². The number of hydrogen-bond donors (Lipinski definition) is 0. The topological polar surface area (TPSA) is 68.7 Å². The Morgan fingerprint density at radius 2 is 1.54 bits per heavy atom. The molecule has 0 unspecified atom stereocenters. The first-order valence-electron chi connectivity index (χ1n) is 12.0. The number of ketones is 1. The lowest BCUT2D eigenvalue weighted by Gasteiger charge is -2.31. The molecular formula is C29H30N2O4. The number of benzene rings is 2. The molecule has 4 rings (SSSR count). The SMILES string of the molecule is CC/C=C/C(=O)N1CCC(c2ccc(C(C)=O)c(Oc3ccc(Oc4ccccc4)cc3)n2)CC1. The minimum absolute atomic E-state index is 0.0638. The fraction of sp³-hybridized carbons (Fsp3) is 0.276. The zero-order valence-corrected chi connectivity index (χ0v) is 20.1. The maximum Gasteiger partial charge on any atom is 0.246 e. The molecule has 3 aromatic rings. The van der Waals surface area contributed by atoms with Crippen LogP contribution in [-0.4, -0.2) is 34.7 Å². The number of nitrogens with zero attached hydrogens (tertiary/aromatic N) is 2. The van der Waals surface area contributed by atoms with E-state index in [4.69, 9.17) is 14.5 Å². The molecule has 0 bridgehead atoms. The smallest absolute Gasteiger partial charge is 0.246 e. The predicted molar refractivity (Wildman–Crippen MR) is 135 cm³/mol. The van der Waals surface area contributed by atoms with Crippen molar-refractivity contribution in [1.29, 1.82) is 0 Å². The molecule has 1 aliphatic heterocycles. The average Bonchev–Trinajstić information content (AvgIpc) is 2.89. The van der Waals surface area contributed by atoms with Crippen LogP contribution in [0.1, 0.15) is 55.1 Å². The molecular weight excluding hydrogens is 440 g/mol. The first-order chi connectivity index (χ1) is 17.0. The number of hydrogen-bond acceptors (Lipinski definition) is 5. The number of aromatic nitrogens is 1. The molecule has 0 atom stereocenters. The Balaban J connectivity index is 1.45. The maximum atomic E-state index is 12.3. The van der Waals surface area contributed by atoms with E-state index in [1.54, 1.807) is 24.3 Å². The lowest BCUT2D eigenvalue weighted by molar-refractivity contribution is -0.127. The van der Waals surface area contributed by atoms with Gasteiger partial charge in [0.05, 0.1) is 5.56 Å². The van der Waals surface area contributed by atoms with Crippen LogP contribution in [0.4, 0.5) is 0 Å². The second-order valence-corrected chi connectivity index (χ2v) is 8.54. The van der Waals surface area contributed by atoms with Gasteiger partial charge in [-0.15, -0.1) is 0 Å². The number of amides is 1. The summed E-state index contributed by atoms with van der Waals surface area (Å²) in [4.78, 5) is 31.1. The standard InChI is InChI=1S/C29H30N2O4/c1-3-4-10-28(33)31-19-17-22(18-20-31)27-16-15-26(21(2)32)29(30-27)35-25-13-11-24(12-14-25)34-23-8-6-5-7-9-23/h4-16,22H,3,17-20H2,1-2H3/b10-4+. The van der Waals surface area contributed by atoms with Gasteiger partial charge >= 0.3 is 0 Å². The number of likely N-dealkylation sites (tertiary alicyclic amines) is 1. The Kier molecular flexibility index (Phi) is 7.93. The van der Waals surface area contributed by atoms with Crippen LogP contribution in [0.15, 0.2) is 78.9 Å². The second-order valence-electron chi connectivity index (χ2n) is 8.54. The second kappa shape index (κ2) is 11.5. The van der Waals surface area contributed by atoms with Crippen molar-refractivity contribution in [2.45, 2.75) is 39.0 Å². The van der Waals surface area contributed by atoms with Crippen LogP contribution in [0.25, 0.3) is 0 Å². The summed E-state index contributed by atoms with van der Waals surface area (Å²) in [7, 11) is 0. The molecule has 6 heteroatoms. The number of carbonyl (C=O) groups excluding carboxylic acids is 2. The fourth-order valence-corrected chi connectivity index (χ4v) is 4.06. The van der Waals surface area contributed by atoms with Gasteiger partial charge in [-0.05, 0) is 80.8 Å². The highest BCUT2D eigenvalue weighted by atomic mass is 16.5. The molecule has 2 heterocycles. The van der Waals surface area contributed by atoms with Gasteiger partial charge in [-0.3, -0.25) is 9.59 Å². The normalized spacial score (nSPS) is 14.2. The van der Waals surface area contributed by atoms with E-state index < -0.39 is 0 Å². The van der Waals surface area contributed by atoms with Crippen molar-refractivity contribution in [3.63, 3.8) is 0 Å². The molecule has 1 saturated heterocycles. The van der Waals surface area contributed by atoms with E-state index >= 15 is 0 Å². The summed E-state index contributed by atoms with van der Waals surface area (Å²) >= 11 is 0. The number of Topliss-reactive ketones (excluding diaryl/α,β-unsaturated/α-hetero) is 1. The average molecular weight is 471 g/mol. The molecule has 0 radical (unpaired) electrons. The van der Waals surface area contributed by atoms with E-state index in [2.05, 4.69) is 0 Å². The predicted octanol–water partition coefficient (Wildman–Crippen LogP) is 6.54. The summed E-state index contributed by atoms with van der Waals surface area (Å²) in [5.41, 5.74) is 1.32. The Labute approximate surface area is 206 Å². The van der Waals surface area contributed by atoms with E-state index in [-0.39, 0.29) is 17.6 Å². The molecule has 1 amide bonds. The van der Waals surface area contributed by atoms with Gasteiger partial charge in [0.25, 0.3) is 0 Å². The van der Waals surface area contributed by atoms with Gasteiger partial charge in [0, 0.05) is 24.7 Å². The Morgan fingerprint density at radius 1 is 0.914 bits per heavy atom.